The van der Waals surface area contributed by atoms with Crippen molar-refractivity contribution in [1.29, 1.82) is 0 Å². The van der Waals surface area contributed by atoms with Gasteiger partial charge in [0.2, 0.25) is 0 Å². The lowest BCUT2D eigenvalue weighted by molar-refractivity contribution is -0.0124. The van der Waals surface area contributed by atoms with Crippen molar-refractivity contribution < 1.29 is 8.78 Å². The minimum absolute atomic E-state index is 0.0534. The van der Waals surface area contributed by atoms with E-state index in [1.54, 1.807) is 0 Å². The van der Waals surface area contributed by atoms with E-state index in [0.717, 1.165) is 5.69 Å². The highest BCUT2D eigenvalue weighted by atomic mass is 19.3. The molecule has 11 heavy (non-hydrogen) atoms. The quantitative estimate of drug-likeness (QED) is 0.609. The van der Waals surface area contributed by atoms with Crippen molar-refractivity contribution in [2.75, 3.05) is 0 Å². The maximum Gasteiger partial charge on any atom is 0.252 e. The van der Waals surface area contributed by atoms with Gasteiger partial charge in [0.15, 0.2) is 0 Å². The van der Waals surface area contributed by atoms with Crippen LogP contribution in [0.5, 0.6) is 0 Å². The van der Waals surface area contributed by atoms with Gasteiger partial charge in [-0.1, -0.05) is 0 Å². The van der Waals surface area contributed by atoms with Gasteiger partial charge in [-0.2, -0.15) is 5.10 Å². The number of H-pyrrole nitrogens is 1. The largest absolute Gasteiger partial charge is 0.282 e. The number of aryl methyl sites for hydroxylation is 1. The zero-order chi connectivity index (χ0) is 7.90. The summed E-state index contributed by atoms with van der Waals surface area (Å²) in [5.74, 6) is -2.52. The van der Waals surface area contributed by atoms with Crippen molar-refractivity contribution in [3.63, 3.8) is 0 Å². The zero-order valence-corrected chi connectivity index (χ0v) is 5.90. The molecular formula is C7H8F2N2. The number of aromatic nitrogens is 2. The van der Waals surface area contributed by atoms with Crippen molar-refractivity contribution in [3.8, 4) is 0 Å². The molecule has 1 N–H and O–H groups in total. The van der Waals surface area contributed by atoms with E-state index < -0.39 is 5.92 Å². The highest BCUT2D eigenvalue weighted by Crippen LogP contribution is 2.31. The van der Waals surface area contributed by atoms with E-state index in [1.165, 1.54) is 6.20 Å². The Morgan fingerprint density at radius 3 is 3.18 bits per heavy atom. The van der Waals surface area contributed by atoms with Crippen molar-refractivity contribution in [2.45, 2.75) is 25.2 Å². The molecule has 1 aliphatic carbocycles. The van der Waals surface area contributed by atoms with E-state index in [1.807, 2.05) is 0 Å². The molecule has 0 amide bonds. The van der Waals surface area contributed by atoms with Crippen LogP contribution in [0.1, 0.15) is 17.7 Å². The number of hydrogen-bond donors (Lipinski definition) is 1. The van der Waals surface area contributed by atoms with E-state index in [2.05, 4.69) is 10.2 Å². The van der Waals surface area contributed by atoms with Crippen LogP contribution in [0.25, 0.3) is 0 Å². The predicted molar refractivity (Wildman–Crippen MR) is 35.6 cm³/mol. The summed E-state index contributed by atoms with van der Waals surface area (Å²) in [7, 11) is 0. The molecule has 0 unspecified atom stereocenters. The summed E-state index contributed by atoms with van der Waals surface area (Å²) in [5.41, 5.74) is 1.54. The Morgan fingerprint density at radius 2 is 2.36 bits per heavy atom. The van der Waals surface area contributed by atoms with Gasteiger partial charge in [0.05, 0.1) is 6.20 Å². The lowest BCUT2D eigenvalue weighted by Crippen LogP contribution is -2.25. The Hall–Kier alpha value is -0.930. The SMILES string of the molecule is FC1(F)CCc2[nH]ncc2C1. The Kier molecular flexibility index (Phi) is 1.25. The van der Waals surface area contributed by atoms with E-state index in [-0.39, 0.29) is 12.8 Å². The molecule has 1 aliphatic rings. The van der Waals surface area contributed by atoms with Crippen LogP contribution in [0.2, 0.25) is 0 Å². The standard InChI is InChI=1S/C7H8F2N2/c8-7(9)2-1-6-5(3-7)4-10-11-6/h4H,1-3H2,(H,10,11). The summed E-state index contributed by atoms with van der Waals surface area (Å²) in [4.78, 5) is 0. The van der Waals surface area contributed by atoms with Gasteiger partial charge < -0.3 is 0 Å². The molecule has 2 rings (SSSR count). The average molecular weight is 158 g/mol. The summed E-state index contributed by atoms with van der Waals surface area (Å²) in [6, 6.07) is 0. The van der Waals surface area contributed by atoms with Crippen molar-refractivity contribution in [3.05, 3.63) is 17.5 Å². The van der Waals surface area contributed by atoms with Crippen LogP contribution in [0.15, 0.2) is 6.20 Å². The first-order valence-electron chi connectivity index (χ1n) is 3.56. The van der Waals surface area contributed by atoms with Crippen LogP contribution < -0.4 is 0 Å². The lowest BCUT2D eigenvalue weighted by atomic mass is 9.95. The maximum atomic E-state index is 12.7. The third-order valence-electron chi connectivity index (χ3n) is 2.00. The van der Waals surface area contributed by atoms with Crippen molar-refractivity contribution >= 4 is 0 Å². The molecule has 0 spiro atoms. The number of aromatic amines is 1. The molecule has 0 bridgehead atoms. The molecule has 60 valence electrons. The first kappa shape index (κ1) is 6.76. The number of nitrogens with zero attached hydrogens (tertiary/aromatic N) is 1. The monoisotopic (exact) mass is 158 g/mol. The molecule has 0 saturated carbocycles. The molecule has 0 saturated heterocycles. The molecule has 4 heteroatoms. The molecule has 1 aromatic rings. The van der Waals surface area contributed by atoms with E-state index >= 15 is 0 Å². The number of halogens is 2. The van der Waals surface area contributed by atoms with Gasteiger partial charge >= 0.3 is 0 Å². The summed E-state index contributed by atoms with van der Waals surface area (Å²) in [6.45, 7) is 0. The normalized spacial score (nSPS) is 21.3. The fourth-order valence-corrected chi connectivity index (χ4v) is 1.38. The molecular weight excluding hydrogens is 150 g/mol. The number of rotatable bonds is 0. The fourth-order valence-electron chi connectivity index (χ4n) is 1.38. The van der Waals surface area contributed by atoms with Gasteiger partial charge in [-0.3, -0.25) is 5.10 Å². The summed E-state index contributed by atoms with van der Waals surface area (Å²) in [6.07, 6.45) is 1.70. The number of fused-ring (bicyclic) bond motifs is 1. The average Bonchev–Trinajstić information content (AvgIpc) is 2.31. The Bertz CT molecular complexity index is 267. The number of alkyl halides is 2. The molecule has 0 atom stereocenters. The van der Waals surface area contributed by atoms with Crippen LogP contribution >= 0.6 is 0 Å². The van der Waals surface area contributed by atoms with Crippen LogP contribution in [0, 0.1) is 0 Å². The smallest absolute Gasteiger partial charge is 0.252 e. The summed E-state index contributed by atoms with van der Waals surface area (Å²) >= 11 is 0. The molecule has 1 aromatic heterocycles. The van der Waals surface area contributed by atoms with Crippen molar-refractivity contribution in [1.82, 2.24) is 10.2 Å². The number of hydrogen-bond acceptors (Lipinski definition) is 1. The second kappa shape index (κ2) is 2.03. The topological polar surface area (TPSA) is 28.7 Å². The van der Waals surface area contributed by atoms with Gasteiger partial charge in [0.1, 0.15) is 0 Å². The van der Waals surface area contributed by atoms with Crippen LogP contribution in [0.3, 0.4) is 0 Å². The van der Waals surface area contributed by atoms with Gasteiger partial charge in [0, 0.05) is 18.5 Å². The van der Waals surface area contributed by atoms with E-state index in [0.29, 0.717) is 12.0 Å². The maximum absolute atomic E-state index is 12.7. The molecule has 0 aromatic carbocycles. The predicted octanol–water partition coefficient (Wildman–Crippen LogP) is 1.53. The first-order chi connectivity index (χ1) is 5.17. The Balaban J connectivity index is 2.32. The molecule has 2 nitrogen and oxygen atoms in total. The van der Waals surface area contributed by atoms with Gasteiger partial charge in [-0.15, -0.1) is 0 Å². The third-order valence-corrected chi connectivity index (χ3v) is 2.00. The second-order valence-electron chi connectivity index (χ2n) is 2.91. The van der Waals surface area contributed by atoms with Crippen LogP contribution in [-0.4, -0.2) is 16.1 Å². The molecule has 0 fully saturated rings. The number of nitrogens with one attached hydrogen (secondary N) is 1. The molecule has 0 aliphatic heterocycles. The summed E-state index contributed by atoms with van der Waals surface area (Å²) < 4.78 is 25.4. The minimum Gasteiger partial charge on any atom is -0.282 e. The summed E-state index contributed by atoms with van der Waals surface area (Å²) in [5, 5.41) is 6.42. The van der Waals surface area contributed by atoms with Crippen LogP contribution in [0.4, 0.5) is 8.78 Å². The van der Waals surface area contributed by atoms with Crippen LogP contribution in [-0.2, 0) is 12.8 Å². The lowest BCUT2D eigenvalue weighted by Gasteiger charge is -2.20. The second-order valence-corrected chi connectivity index (χ2v) is 2.91. The van der Waals surface area contributed by atoms with Crippen molar-refractivity contribution in [2.24, 2.45) is 0 Å². The highest BCUT2D eigenvalue weighted by molar-refractivity contribution is 5.21. The molecule has 0 radical (unpaired) electrons. The Morgan fingerprint density at radius 1 is 1.55 bits per heavy atom. The van der Waals surface area contributed by atoms with E-state index in [4.69, 9.17) is 0 Å². The Labute approximate surface area is 62.6 Å². The van der Waals surface area contributed by atoms with Gasteiger partial charge in [-0.25, -0.2) is 8.78 Å². The third kappa shape index (κ3) is 1.13. The minimum atomic E-state index is -2.52. The van der Waals surface area contributed by atoms with Gasteiger partial charge in [0.25, 0.3) is 5.92 Å². The highest BCUT2D eigenvalue weighted by Gasteiger charge is 2.34. The first-order valence-corrected chi connectivity index (χ1v) is 3.56. The van der Waals surface area contributed by atoms with E-state index in [9.17, 15) is 8.78 Å². The molecule has 1 heterocycles. The fraction of sp³-hybridized carbons (Fsp3) is 0.571. The van der Waals surface area contributed by atoms with Gasteiger partial charge in [-0.05, 0) is 12.0 Å². The zero-order valence-electron chi connectivity index (χ0n) is 5.90.